The summed E-state index contributed by atoms with van der Waals surface area (Å²) in [5.74, 6) is 0.998. The van der Waals surface area contributed by atoms with Crippen LogP contribution in [0.3, 0.4) is 0 Å². The fourth-order valence-corrected chi connectivity index (χ4v) is 4.19. The number of hydrogen-bond donors (Lipinski definition) is 0. The maximum Gasteiger partial charge on any atom is 0.192 e. The molecule has 0 aliphatic rings. The summed E-state index contributed by atoms with van der Waals surface area (Å²) in [5, 5.41) is 9.80. The third-order valence-electron chi connectivity index (χ3n) is 4.73. The molecule has 158 valence electrons. The van der Waals surface area contributed by atoms with E-state index in [1.165, 1.54) is 36.0 Å². The van der Waals surface area contributed by atoms with Gasteiger partial charge in [-0.3, -0.25) is 4.79 Å². The molecule has 30 heavy (non-hydrogen) atoms. The number of halogens is 2. The minimum Gasteiger partial charge on any atom is -0.484 e. The molecule has 5 nitrogen and oxygen atoms in total. The van der Waals surface area contributed by atoms with E-state index in [-0.39, 0.29) is 30.0 Å². The Morgan fingerprint density at radius 1 is 1.13 bits per heavy atom. The fraction of sp³-hybridized carbons (Fsp3) is 0.318. The highest BCUT2D eigenvalue weighted by atomic mass is 35.5. The van der Waals surface area contributed by atoms with E-state index in [2.05, 4.69) is 24.0 Å². The van der Waals surface area contributed by atoms with E-state index in [0.29, 0.717) is 27.3 Å². The van der Waals surface area contributed by atoms with Gasteiger partial charge < -0.3 is 9.30 Å². The molecule has 0 aliphatic heterocycles. The Balaban J connectivity index is 1.76. The predicted octanol–water partition coefficient (Wildman–Crippen LogP) is 5.99. The summed E-state index contributed by atoms with van der Waals surface area (Å²) in [5.41, 5.74) is 0.472. The van der Waals surface area contributed by atoms with Crippen molar-refractivity contribution in [2.24, 2.45) is 0 Å². The topological polar surface area (TPSA) is 57.0 Å². The first-order chi connectivity index (χ1) is 14.5. The van der Waals surface area contributed by atoms with Crippen molar-refractivity contribution in [3.8, 4) is 5.75 Å². The van der Waals surface area contributed by atoms with Gasteiger partial charge in [-0.15, -0.1) is 10.2 Å². The van der Waals surface area contributed by atoms with Crippen LogP contribution in [0.4, 0.5) is 4.39 Å². The molecule has 0 radical (unpaired) electrons. The van der Waals surface area contributed by atoms with E-state index in [0.717, 1.165) is 12.8 Å². The molecular formula is C22H23ClFN3O2S. The standard InChI is InChI=1S/C22H23ClFN3O2S/c1-3-17(4-2)27-21(13-29-20-8-6-5-7-18(20)23)25-26-22(27)30-14-19(28)15-9-11-16(24)12-10-15/h5-12,17H,3-4,13-14H2,1-2H3. The van der Waals surface area contributed by atoms with E-state index in [1.54, 1.807) is 12.1 Å². The molecule has 0 bridgehead atoms. The van der Waals surface area contributed by atoms with Crippen LogP contribution in [0.2, 0.25) is 5.02 Å². The number of Topliss-reactive ketones (excluding diaryl/α,β-unsaturated/α-hetero) is 1. The van der Waals surface area contributed by atoms with Crippen molar-refractivity contribution >= 4 is 29.1 Å². The molecule has 3 rings (SSSR count). The molecule has 1 heterocycles. The van der Waals surface area contributed by atoms with E-state index < -0.39 is 0 Å². The average Bonchev–Trinajstić information content (AvgIpc) is 3.15. The number of para-hydroxylation sites is 1. The van der Waals surface area contributed by atoms with E-state index >= 15 is 0 Å². The molecule has 0 aliphatic carbocycles. The van der Waals surface area contributed by atoms with Crippen LogP contribution in [-0.2, 0) is 6.61 Å². The number of aromatic nitrogens is 3. The maximum absolute atomic E-state index is 13.1. The van der Waals surface area contributed by atoms with E-state index in [1.807, 2.05) is 16.7 Å². The largest absolute Gasteiger partial charge is 0.484 e. The van der Waals surface area contributed by atoms with Gasteiger partial charge in [-0.25, -0.2) is 4.39 Å². The van der Waals surface area contributed by atoms with Crippen LogP contribution >= 0.6 is 23.4 Å². The van der Waals surface area contributed by atoms with Crippen LogP contribution in [0.25, 0.3) is 0 Å². The molecular weight excluding hydrogens is 425 g/mol. The Morgan fingerprint density at radius 2 is 1.83 bits per heavy atom. The van der Waals surface area contributed by atoms with Crippen molar-refractivity contribution in [1.82, 2.24) is 14.8 Å². The van der Waals surface area contributed by atoms with Crippen molar-refractivity contribution in [3.63, 3.8) is 0 Å². The average molecular weight is 448 g/mol. The summed E-state index contributed by atoms with van der Waals surface area (Å²) in [4.78, 5) is 12.5. The Labute approximate surface area is 184 Å². The number of rotatable bonds is 10. The number of ether oxygens (including phenoxy) is 1. The lowest BCUT2D eigenvalue weighted by Gasteiger charge is -2.19. The number of benzene rings is 2. The molecule has 0 saturated heterocycles. The zero-order valence-corrected chi connectivity index (χ0v) is 18.4. The van der Waals surface area contributed by atoms with E-state index in [9.17, 15) is 9.18 Å². The van der Waals surface area contributed by atoms with Crippen LogP contribution in [0.15, 0.2) is 53.7 Å². The predicted molar refractivity (Wildman–Crippen MR) is 117 cm³/mol. The van der Waals surface area contributed by atoms with Gasteiger partial charge in [0.1, 0.15) is 18.2 Å². The number of hydrogen-bond acceptors (Lipinski definition) is 5. The summed E-state index contributed by atoms with van der Waals surface area (Å²) in [6.07, 6.45) is 1.79. The van der Waals surface area contributed by atoms with Crippen molar-refractivity contribution < 1.29 is 13.9 Å². The Kier molecular flexibility index (Phi) is 7.87. The van der Waals surface area contributed by atoms with Crippen LogP contribution < -0.4 is 4.74 Å². The van der Waals surface area contributed by atoms with Crippen molar-refractivity contribution in [1.29, 1.82) is 0 Å². The molecule has 2 aromatic carbocycles. The molecule has 0 unspecified atom stereocenters. The summed E-state index contributed by atoms with van der Waals surface area (Å²) >= 11 is 7.50. The van der Waals surface area contributed by atoms with Crippen molar-refractivity contribution in [2.75, 3.05) is 5.75 Å². The minimum absolute atomic E-state index is 0.0898. The fourth-order valence-electron chi connectivity index (χ4n) is 3.08. The minimum atomic E-state index is -0.365. The molecule has 1 aromatic heterocycles. The van der Waals surface area contributed by atoms with Gasteiger partial charge in [0.15, 0.2) is 16.8 Å². The molecule has 8 heteroatoms. The monoisotopic (exact) mass is 447 g/mol. The number of carbonyl (C=O) groups is 1. The first kappa shape index (κ1) is 22.3. The zero-order chi connectivity index (χ0) is 21.5. The molecule has 0 fully saturated rings. The lowest BCUT2D eigenvalue weighted by molar-refractivity contribution is 0.102. The molecule has 0 atom stereocenters. The third kappa shape index (κ3) is 5.40. The second kappa shape index (κ2) is 10.6. The summed E-state index contributed by atoms with van der Waals surface area (Å²) in [6, 6.07) is 13.0. The summed E-state index contributed by atoms with van der Waals surface area (Å²) in [6.45, 7) is 4.43. The SMILES string of the molecule is CCC(CC)n1c(COc2ccccc2Cl)nnc1SCC(=O)c1ccc(F)cc1. The van der Waals surface area contributed by atoms with Gasteiger partial charge in [-0.2, -0.15) is 0 Å². The second-order valence-corrected chi connectivity index (χ2v) is 8.03. The normalized spacial score (nSPS) is 11.1. The second-order valence-electron chi connectivity index (χ2n) is 6.68. The van der Waals surface area contributed by atoms with Crippen LogP contribution in [-0.4, -0.2) is 26.3 Å². The smallest absolute Gasteiger partial charge is 0.192 e. The van der Waals surface area contributed by atoms with Crippen molar-refractivity contribution in [3.05, 3.63) is 70.8 Å². The first-order valence-electron chi connectivity index (χ1n) is 9.76. The van der Waals surface area contributed by atoms with Gasteiger partial charge in [-0.1, -0.05) is 49.3 Å². The molecule has 0 N–H and O–H groups in total. The van der Waals surface area contributed by atoms with Crippen LogP contribution in [0.1, 0.15) is 48.9 Å². The highest BCUT2D eigenvalue weighted by Crippen LogP contribution is 2.28. The molecule has 0 saturated carbocycles. The van der Waals surface area contributed by atoms with Gasteiger partial charge in [0, 0.05) is 11.6 Å². The highest BCUT2D eigenvalue weighted by Gasteiger charge is 2.20. The number of thioether (sulfide) groups is 1. The Morgan fingerprint density at radius 3 is 2.50 bits per heavy atom. The van der Waals surface area contributed by atoms with E-state index in [4.69, 9.17) is 16.3 Å². The summed E-state index contributed by atoms with van der Waals surface area (Å²) < 4.78 is 21.0. The first-order valence-corrected chi connectivity index (χ1v) is 11.1. The van der Waals surface area contributed by atoms with Gasteiger partial charge in [0.05, 0.1) is 10.8 Å². The Hall–Kier alpha value is -2.38. The lowest BCUT2D eigenvalue weighted by Crippen LogP contribution is -2.15. The lowest BCUT2D eigenvalue weighted by atomic mass is 10.1. The quantitative estimate of drug-likeness (QED) is 0.282. The number of nitrogens with zero attached hydrogens (tertiary/aromatic N) is 3. The van der Waals surface area contributed by atoms with Crippen molar-refractivity contribution in [2.45, 2.75) is 44.5 Å². The van der Waals surface area contributed by atoms with Gasteiger partial charge >= 0.3 is 0 Å². The van der Waals surface area contributed by atoms with Gasteiger partial charge in [0.2, 0.25) is 0 Å². The van der Waals surface area contributed by atoms with Crippen LogP contribution in [0.5, 0.6) is 5.75 Å². The molecule has 0 amide bonds. The number of ketones is 1. The van der Waals surface area contributed by atoms with Gasteiger partial charge in [-0.05, 0) is 49.2 Å². The summed E-state index contributed by atoms with van der Waals surface area (Å²) in [7, 11) is 0. The van der Waals surface area contributed by atoms with Gasteiger partial charge in [0.25, 0.3) is 0 Å². The Bertz CT molecular complexity index is 990. The van der Waals surface area contributed by atoms with Crippen LogP contribution in [0, 0.1) is 5.82 Å². The zero-order valence-electron chi connectivity index (χ0n) is 16.8. The molecule has 0 spiro atoms. The highest BCUT2D eigenvalue weighted by molar-refractivity contribution is 7.99. The number of carbonyl (C=O) groups excluding carboxylic acids is 1. The maximum atomic E-state index is 13.1. The molecule has 3 aromatic rings. The third-order valence-corrected chi connectivity index (χ3v) is 5.99.